The van der Waals surface area contributed by atoms with Gasteiger partial charge in [-0.25, -0.2) is 4.98 Å². The van der Waals surface area contributed by atoms with Crippen LogP contribution < -0.4 is 0 Å². The van der Waals surface area contributed by atoms with Crippen molar-refractivity contribution in [1.82, 2.24) is 4.98 Å². The molecule has 0 radical (unpaired) electrons. The van der Waals surface area contributed by atoms with Gasteiger partial charge in [-0.3, -0.25) is 4.79 Å². The van der Waals surface area contributed by atoms with Gasteiger partial charge in [0.05, 0.1) is 5.88 Å². The highest BCUT2D eigenvalue weighted by molar-refractivity contribution is 7.98. The SMILES string of the molecule is CCSCc1nc(C(=O)CCl)cs1. The summed E-state index contributed by atoms with van der Waals surface area (Å²) in [6, 6.07) is 0. The number of rotatable bonds is 5. The number of ketones is 1. The second-order valence-corrected chi connectivity index (χ2v) is 4.80. The molecular weight excluding hydrogens is 226 g/mol. The Hall–Kier alpha value is -0.0600. The average Bonchev–Trinajstić information content (AvgIpc) is 2.62. The van der Waals surface area contributed by atoms with Crippen molar-refractivity contribution in [3.8, 4) is 0 Å². The Morgan fingerprint density at radius 2 is 2.54 bits per heavy atom. The van der Waals surface area contributed by atoms with Crippen LogP contribution in [0.15, 0.2) is 5.38 Å². The van der Waals surface area contributed by atoms with Crippen LogP contribution in [-0.2, 0) is 5.75 Å². The van der Waals surface area contributed by atoms with Gasteiger partial charge in [0.25, 0.3) is 0 Å². The number of alkyl halides is 1. The summed E-state index contributed by atoms with van der Waals surface area (Å²) in [5.74, 6) is 1.88. The number of nitrogens with zero attached hydrogens (tertiary/aromatic N) is 1. The third kappa shape index (κ3) is 3.29. The molecule has 0 saturated carbocycles. The van der Waals surface area contributed by atoms with Gasteiger partial charge in [-0.1, -0.05) is 6.92 Å². The van der Waals surface area contributed by atoms with Crippen LogP contribution in [0.25, 0.3) is 0 Å². The smallest absolute Gasteiger partial charge is 0.196 e. The van der Waals surface area contributed by atoms with Gasteiger partial charge in [0.1, 0.15) is 10.7 Å². The number of Topliss-reactive ketones (excluding diaryl/α,β-unsaturated/α-hetero) is 1. The van der Waals surface area contributed by atoms with E-state index < -0.39 is 0 Å². The topological polar surface area (TPSA) is 30.0 Å². The minimum absolute atomic E-state index is 0.0180. The Balaban J connectivity index is 2.58. The molecule has 0 aromatic carbocycles. The molecule has 72 valence electrons. The molecule has 0 N–H and O–H groups in total. The second kappa shape index (κ2) is 5.62. The normalized spacial score (nSPS) is 10.3. The number of carbonyl (C=O) groups excluding carboxylic acids is 1. The lowest BCUT2D eigenvalue weighted by Crippen LogP contribution is -2.00. The van der Waals surface area contributed by atoms with Crippen LogP contribution in [0.5, 0.6) is 0 Å². The highest BCUT2D eigenvalue weighted by Crippen LogP contribution is 2.16. The maximum atomic E-state index is 11.1. The van der Waals surface area contributed by atoms with Crippen LogP contribution in [0.4, 0.5) is 0 Å². The van der Waals surface area contributed by atoms with Crippen LogP contribution in [0.2, 0.25) is 0 Å². The molecule has 0 amide bonds. The van der Waals surface area contributed by atoms with Crippen LogP contribution in [-0.4, -0.2) is 22.4 Å². The zero-order valence-electron chi connectivity index (χ0n) is 7.25. The second-order valence-electron chi connectivity index (χ2n) is 2.32. The van der Waals surface area contributed by atoms with Crippen LogP contribution in [0.3, 0.4) is 0 Å². The van der Waals surface area contributed by atoms with Crippen molar-refractivity contribution in [2.24, 2.45) is 0 Å². The Kier molecular flexibility index (Phi) is 4.77. The van der Waals surface area contributed by atoms with Crippen LogP contribution in [0, 0.1) is 0 Å². The van der Waals surface area contributed by atoms with Gasteiger partial charge < -0.3 is 0 Å². The van der Waals surface area contributed by atoms with E-state index in [-0.39, 0.29) is 11.7 Å². The largest absolute Gasteiger partial charge is 0.291 e. The lowest BCUT2D eigenvalue weighted by atomic mass is 10.3. The summed E-state index contributed by atoms with van der Waals surface area (Å²) in [6.07, 6.45) is 0. The predicted molar refractivity (Wildman–Crippen MR) is 59.0 cm³/mol. The quantitative estimate of drug-likeness (QED) is 0.581. The van der Waals surface area contributed by atoms with Gasteiger partial charge in [0.2, 0.25) is 0 Å². The number of hydrogen-bond donors (Lipinski definition) is 0. The fourth-order valence-corrected chi connectivity index (χ4v) is 2.45. The van der Waals surface area contributed by atoms with Crippen molar-refractivity contribution in [3.05, 3.63) is 16.1 Å². The van der Waals surface area contributed by atoms with Gasteiger partial charge in [-0.2, -0.15) is 11.8 Å². The number of aromatic nitrogens is 1. The van der Waals surface area contributed by atoms with E-state index in [2.05, 4.69) is 11.9 Å². The van der Waals surface area contributed by atoms with Crippen molar-refractivity contribution >= 4 is 40.5 Å². The molecule has 1 rings (SSSR count). The summed E-state index contributed by atoms with van der Waals surface area (Å²) in [4.78, 5) is 15.3. The monoisotopic (exact) mass is 235 g/mol. The summed E-state index contributed by atoms with van der Waals surface area (Å²) in [5, 5.41) is 2.77. The third-order valence-corrected chi connectivity index (χ3v) is 3.55. The Labute approximate surface area is 90.7 Å². The van der Waals surface area contributed by atoms with Crippen molar-refractivity contribution in [1.29, 1.82) is 0 Å². The first kappa shape index (κ1) is 11.0. The third-order valence-electron chi connectivity index (χ3n) is 1.39. The molecule has 5 heteroatoms. The van der Waals surface area contributed by atoms with Gasteiger partial charge in [0, 0.05) is 11.1 Å². The first-order chi connectivity index (χ1) is 6.27. The lowest BCUT2D eigenvalue weighted by Gasteiger charge is -1.91. The molecule has 0 unspecified atom stereocenters. The molecule has 1 aromatic heterocycles. The molecule has 2 nitrogen and oxygen atoms in total. The van der Waals surface area contributed by atoms with Gasteiger partial charge >= 0.3 is 0 Å². The van der Waals surface area contributed by atoms with Crippen molar-refractivity contribution in [3.63, 3.8) is 0 Å². The van der Waals surface area contributed by atoms with E-state index in [4.69, 9.17) is 11.6 Å². The van der Waals surface area contributed by atoms with Crippen molar-refractivity contribution in [2.75, 3.05) is 11.6 Å². The highest BCUT2D eigenvalue weighted by Gasteiger charge is 2.08. The summed E-state index contributed by atoms with van der Waals surface area (Å²) in [6.45, 7) is 2.10. The molecule has 0 aliphatic heterocycles. The van der Waals surface area contributed by atoms with Crippen molar-refractivity contribution < 1.29 is 4.79 Å². The molecule has 0 saturated heterocycles. The maximum Gasteiger partial charge on any atom is 0.196 e. The van der Waals surface area contributed by atoms with Crippen LogP contribution in [0.1, 0.15) is 22.4 Å². The van der Waals surface area contributed by atoms with E-state index in [1.54, 1.807) is 17.1 Å². The molecule has 0 aliphatic rings. The number of hydrogen-bond acceptors (Lipinski definition) is 4. The average molecular weight is 236 g/mol. The Morgan fingerprint density at radius 1 is 1.77 bits per heavy atom. The molecule has 0 spiro atoms. The van der Waals surface area contributed by atoms with E-state index in [0.717, 1.165) is 16.5 Å². The fraction of sp³-hybridized carbons (Fsp3) is 0.500. The number of halogens is 1. The standard InChI is InChI=1S/C8H10ClNOS2/c1-2-12-5-8-10-6(4-13-8)7(11)3-9/h4H,2-3,5H2,1H3. The van der Waals surface area contributed by atoms with E-state index in [1.165, 1.54) is 11.3 Å². The minimum Gasteiger partial charge on any atom is -0.291 e. The van der Waals surface area contributed by atoms with Gasteiger partial charge in [0.15, 0.2) is 5.78 Å². The molecule has 13 heavy (non-hydrogen) atoms. The van der Waals surface area contributed by atoms with E-state index in [0.29, 0.717) is 5.69 Å². The predicted octanol–water partition coefficient (Wildman–Crippen LogP) is 2.82. The number of thioether (sulfide) groups is 1. The van der Waals surface area contributed by atoms with Crippen LogP contribution >= 0.6 is 34.7 Å². The summed E-state index contributed by atoms with van der Waals surface area (Å²) in [5.41, 5.74) is 0.506. The van der Waals surface area contributed by atoms with E-state index >= 15 is 0 Å². The molecule has 0 atom stereocenters. The Morgan fingerprint density at radius 3 is 3.15 bits per heavy atom. The first-order valence-electron chi connectivity index (χ1n) is 3.89. The molecular formula is C8H10ClNOS2. The molecule has 1 aromatic rings. The minimum atomic E-state index is -0.0920. The molecule has 0 aliphatic carbocycles. The Bertz CT molecular complexity index is 287. The molecule has 0 fully saturated rings. The van der Waals surface area contributed by atoms with E-state index in [1.807, 2.05) is 0 Å². The highest BCUT2D eigenvalue weighted by atomic mass is 35.5. The zero-order chi connectivity index (χ0) is 9.68. The summed E-state index contributed by atoms with van der Waals surface area (Å²) >= 11 is 8.73. The summed E-state index contributed by atoms with van der Waals surface area (Å²) < 4.78 is 0. The first-order valence-corrected chi connectivity index (χ1v) is 6.46. The van der Waals surface area contributed by atoms with Crippen molar-refractivity contribution in [2.45, 2.75) is 12.7 Å². The van der Waals surface area contributed by atoms with E-state index in [9.17, 15) is 4.79 Å². The van der Waals surface area contributed by atoms with Gasteiger partial charge in [-0.15, -0.1) is 22.9 Å². The molecule has 0 bridgehead atoms. The maximum absolute atomic E-state index is 11.1. The van der Waals surface area contributed by atoms with Gasteiger partial charge in [-0.05, 0) is 5.75 Å². The fourth-order valence-electron chi connectivity index (χ4n) is 0.763. The summed E-state index contributed by atoms with van der Waals surface area (Å²) in [7, 11) is 0. The number of carbonyl (C=O) groups is 1. The zero-order valence-corrected chi connectivity index (χ0v) is 9.64. The molecule has 1 heterocycles. The lowest BCUT2D eigenvalue weighted by molar-refractivity contribution is 0.101. The number of thiazole rings is 1.